The number of hydrogen-bond donors (Lipinski definition) is 1. The third-order valence-electron chi connectivity index (χ3n) is 2.92. The number of primary amides is 1. The maximum Gasteiger partial charge on any atom is 0.263 e. The molecule has 1 fully saturated rings. The van der Waals surface area contributed by atoms with Crippen molar-refractivity contribution < 1.29 is 9.59 Å². The Morgan fingerprint density at radius 1 is 1.38 bits per heavy atom. The maximum absolute atomic E-state index is 12.0. The van der Waals surface area contributed by atoms with Crippen LogP contribution in [-0.4, -0.2) is 29.8 Å². The maximum atomic E-state index is 12.0. The van der Waals surface area contributed by atoms with Crippen LogP contribution in [0.25, 0.3) is 0 Å². The summed E-state index contributed by atoms with van der Waals surface area (Å²) < 4.78 is 0. The van der Waals surface area contributed by atoms with Crippen LogP contribution in [0.15, 0.2) is 17.5 Å². The van der Waals surface area contributed by atoms with Crippen LogP contribution in [-0.2, 0) is 4.79 Å². The molecule has 5 heteroatoms. The molecule has 0 unspecified atom stereocenters. The second-order valence-electron chi connectivity index (χ2n) is 3.95. The van der Waals surface area contributed by atoms with Crippen LogP contribution in [0.4, 0.5) is 0 Å². The molecule has 0 spiro atoms. The zero-order valence-electron chi connectivity index (χ0n) is 8.89. The number of hydrogen-bond acceptors (Lipinski definition) is 3. The first-order valence-electron chi connectivity index (χ1n) is 5.30. The third kappa shape index (κ3) is 2.24. The van der Waals surface area contributed by atoms with Gasteiger partial charge in [-0.15, -0.1) is 11.3 Å². The molecular formula is C11H14N2O2S. The quantitative estimate of drug-likeness (QED) is 0.838. The van der Waals surface area contributed by atoms with Gasteiger partial charge in [-0.05, 0) is 24.3 Å². The molecule has 1 aliphatic rings. The smallest absolute Gasteiger partial charge is 0.263 e. The number of nitrogens with two attached hydrogens (primary N) is 1. The van der Waals surface area contributed by atoms with E-state index in [-0.39, 0.29) is 17.7 Å². The lowest BCUT2D eigenvalue weighted by molar-refractivity contribution is -0.123. The molecule has 2 rings (SSSR count). The fraction of sp³-hybridized carbons (Fsp3) is 0.455. The van der Waals surface area contributed by atoms with Gasteiger partial charge in [-0.1, -0.05) is 6.07 Å². The van der Waals surface area contributed by atoms with E-state index in [9.17, 15) is 9.59 Å². The van der Waals surface area contributed by atoms with Crippen molar-refractivity contribution in [3.8, 4) is 0 Å². The number of carbonyl (C=O) groups is 2. The zero-order valence-corrected chi connectivity index (χ0v) is 9.70. The highest BCUT2D eigenvalue weighted by atomic mass is 32.1. The van der Waals surface area contributed by atoms with Gasteiger partial charge in [0.15, 0.2) is 0 Å². The van der Waals surface area contributed by atoms with Gasteiger partial charge in [-0.2, -0.15) is 0 Å². The summed E-state index contributed by atoms with van der Waals surface area (Å²) in [5.74, 6) is -0.242. The van der Waals surface area contributed by atoms with Crippen molar-refractivity contribution in [2.24, 2.45) is 11.7 Å². The molecule has 4 nitrogen and oxygen atoms in total. The number of nitrogens with zero attached hydrogens (tertiary/aromatic N) is 1. The van der Waals surface area contributed by atoms with Crippen LogP contribution < -0.4 is 5.73 Å². The average Bonchev–Trinajstić information content (AvgIpc) is 2.81. The summed E-state index contributed by atoms with van der Waals surface area (Å²) in [7, 11) is 0. The predicted molar refractivity (Wildman–Crippen MR) is 62.1 cm³/mol. The lowest BCUT2D eigenvalue weighted by atomic mass is 9.96. The minimum atomic E-state index is -0.247. The van der Waals surface area contributed by atoms with E-state index >= 15 is 0 Å². The lowest BCUT2D eigenvalue weighted by Crippen LogP contribution is -2.41. The number of likely N-dealkylation sites (tertiary alicyclic amines) is 1. The van der Waals surface area contributed by atoms with Crippen molar-refractivity contribution in [3.05, 3.63) is 22.4 Å². The molecule has 86 valence electrons. The molecule has 1 aromatic rings. The Morgan fingerprint density at radius 2 is 2.06 bits per heavy atom. The largest absolute Gasteiger partial charge is 0.369 e. The summed E-state index contributed by atoms with van der Waals surface area (Å²) in [6.07, 6.45) is 1.37. The van der Waals surface area contributed by atoms with Gasteiger partial charge in [0.05, 0.1) is 4.88 Å². The molecule has 1 saturated heterocycles. The molecule has 16 heavy (non-hydrogen) atoms. The molecule has 1 aromatic heterocycles. The Balaban J connectivity index is 1.94. The zero-order chi connectivity index (χ0) is 11.5. The summed E-state index contributed by atoms with van der Waals surface area (Å²) in [5, 5.41) is 1.89. The second-order valence-corrected chi connectivity index (χ2v) is 4.89. The SMILES string of the molecule is NC(=O)C1CCN(C(=O)c2cccs2)CC1. The van der Waals surface area contributed by atoms with E-state index in [0.29, 0.717) is 25.9 Å². The molecule has 0 aliphatic carbocycles. The van der Waals surface area contributed by atoms with Gasteiger partial charge >= 0.3 is 0 Å². The van der Waals surface area contributed by atoms with E-state index in [1.165, 1.54) is 11.3 Å². The Bertz CT molecular complexity index is 381. The topological polar surface area (TPSA) is 63.4 Å². The highest BCUT2D eigenvalue weighted by molar-refractivity contribution is 7.12. The van der Waals surface area contributed by atoms with Gasteiger partial charge in [0.1, 0.15) is 0 Å². The van der Waals surface area contributed by atoms with E-state index in [1.54, 1.807) is 4.90 Å². The lowest BCUT2D eigenvalue weighted by Gasteiger charge is -2.30. The van der Waals surface area contributed by atoms with Crippen molar-refractivity contribution in [2.75, 3.05) is 13.1 Å². The molecule has 0 aromatic carbocycles. The molecule has 0 atom stereocenters. The molecule has 2 heterocycles. The Morgan fingerprint density at radius 3 is 2.56 bits per heavy atom. The summed E-state index contributed by atoms with van der Waals surface area (Å²) in [5.41, 5.74) is 5.24. The first kappa shape index (κ1) is 11.1. The van der Waals surface area contributed by atoms with Crippen molar-refractivity contribution in [2.45, 2.75) is 12.8 Å². The first-order chi connectivity index (χ1) is 7.68. The summed E-state index contributed by atoms with van der Waals surface area (Å²) >= 11 is 1.45. The number of carbonyl (C=O) groups excluding carboxylic acids is 2. The van der Waals surface area contributed by atoms with Gasteiger partial charge in [0.2, 0.25) is 5.91 Å². The van der Waals surface area contributed by atoms with Crippen molar-refractivity contribution in [1.29, 1.82) is 0 Å². The van der Waals surface area contributed by atoms with Crippen LogP contribution in [0.2, 0.25) is 0 Å². The summed E-state index contributed by atoms with van der Waals surface area (Å²) in [4.78, 5) is 25.5. The van der Waals surface area contributed by atoms with Crippen LogP contribution in [0, 0.1) is 5.92 Å². The molecule has 0 saturated carbocycles. The van der Waals surface area contributed by atoms with Crippen LogP contribution in [0.1, 0.15) is 22.5 Å². The fourth-order valence-electron chi connectivity index (χ4n) is 1.92. The highest BCUT2D eigenvalue weighted by Gasteiger charge is 2.26. The number of thiophene rings is 1. The van der Waals surface area contributed by atoms with E-state index in [0.717, 1.165) is 4.88 Å². The van der Waals surface area contributed by atoms with Crippen LogP contribution in [0.5, 0.6) is 0 Å². The van der Waals surface area contributed by atoms with E-state index in [2.05, 4.69) is 0 Å². The van der Waals surface area contributed by atoms with E-state index in [4.69, 9.17) is 5.73 Å². The van der Waals surface area contributed by atoms with Gasteiger partial charge in [-0.25, -0.2) is 0 Å². The Kier molecular flexibility index (Phi) is 3.24. The third-order valence-corrected chi connectivity index (χ3v) is 3.77. The van der Waals surface area contributed by atoms with Crippen molar-refractivity contribution in [3.63, 3.8) is 0 Å². The van der Waals surface area contributed by atoms with Gasteiger partial charge in [0, 0.05) is 19.0 Å². The summed E-state index contributed by atoms with van der Waals surface area (Å²) in [6.45, 7) is 1.26. The van der Waals surface area contributed by atoms with Crippen molar-refractivity contribution in [1.82, 2.24) is 4.90 Å². The van der Waals surface area contributed by atoms with Gasteiger partial charge in [-0.3, -0.25) is 9.59 Å². The minimum Gasteiger partial charge on any atom is -0.369 e. The van der Waals surface area contributed by atoms with E-state index in [1.807, 2.05) is 17.5 Å². The number of amides is 2. The monoisotopic (exact) mass is 238 g/mol. The Labute approximate surface area is 98.0 Å². The van der Waals surface area contributed by atoms with Gasteiger partial charge in [0.25, 0.3) is 5.91 Å². The predicted octanol–water partition coefficient (Wildman–Crippen LogP) is 1.09. The van der Waals surface area contributed by atoms with Crippen molar-refractivity contribution >= 4 is 23.2 Å². The molecule has 0 radical (unpaired) electrons. The Hall–Kier alpha value is -1.36. The molecule has 2 N–H and O–H groups in total. The average molecular weight is 238 g/mol. The minimum absolute atomic E-state index is 0.0626. The van der Waals surface area contributed by atoms with Crippen LogP contribution in [0.3, 0.4) is 0 Å². The first-order valence-corrected chi connectivity index (χ1v) is 6.18. The normalized spacial score (nSPS) is 17.4. The second kappa shape index (κ2) is 4.65. The van der Waals surface area contributed by atoms with Crippen LogP contribution >= 0.6 is 11.3 Å². The number of piperidine rings is 1. The number of rotatable bonds is 2. The van der Waals surface area contributed by atoms with E-state index < -0.39 is 0 Å². The highest BCUT2D eigenvalue weighted by Crippen LogP contribution is 2.20. The molecular weight excluding hydrogens is 224 g/mol. The standard InChI is InChI=1S/C11H14N2O2S/c12-10(14)8-3-5-13(6-4-8)11(15)9-2-1-7-16-9/h1-2,7-8H,3-6H2,(H2,12,14). The van der Waals surface area contributed by atoms with Gasteiger partial charge < -0.3 is 10.6 Å². The molecule has 2 amide bonds. The molecule has 1 aliphatic heterocycles. The fourth-order valence-corrected chi connectivity index (χ4v) is 2.61. The molecule has 0 bridgehead atoms. The summed E-state index contributed by atoms with van der Waals surface area (Å²) in [6, 6.07) is 3.70.